The monoisotopic (exact) mass is 134 g/mol. The van der Waals surface area contributed by atoms with Crippen molar-refractivity contribution in [1.82, 2.24) is 0 Å². The molecule has 0 unspecified atom stereocenters. The average molecular weight is 134 g/mol. The molecule has 0 aliphatic heterocycles. The van der Waals surface area contributed by atoms with Crippen LogP contribution in [0.4, 0.5) is 0 Å². The van der Waals surface area contributed by atoms with Gasteiger partial charge in [0.15, 0.2) is 0 Å². The van der Waals surface area contributed by atoms with Crippen molar-refractivity contribution in [2.75, 3.05) is 0 Å². The van der Waals surface area contributed by atoms with Crippen molar-refractivity contribution in [1.29, 1.82) is 5.41 Å². The van der Waals surface area contributed by atoms with E-state index in [1.807, 2.05) is 6.92 Å². The Morgan fingerprint density at radius 1 is 1.71 bits per heavy atom. The standard InChI is InChI=1S/C4H10N2.Ti/c1-2-3-4(5)6;/h2-3H2,1H3,(H3,5,6);. The van der Waals surface area contributed by atoms with E-state index in [-0.39, 0.29) is 27.6 Å². The summed E-state index contributed by atoms with van der Waals surface area (Å²) < 4.78 is 0. The van der Waals surface area contributed by atoms with Gasteiger partial charge in [-0.3, -0.25) is 5.41 Å². The molecule has 40 valence electrons. The Kier molecular flexibility index (Phi) is 9.03. The van der Waals surface area contributed by atoms with Gasteiger partial charge < -0.3 is 5.73 Å². The largest absolute Gasteiger partial charge is 0.388 e. The molecule has 0 aromatic heterocycles. The third-order valence-electron chi connectivity index (χ3n) is 0.519. The maximum Gasteiger partial charge on any atom is 0.0905 e. The van der Waals surface area contributed by atoms with Gasteiger partial charge in [0.05, 0.1) is 5.84 Å². The maximum atomic E-state index is 6.67. The van der Waals surface area contributed by atoms with E-state index >= 15 is 0 Å². The van der Waals surface area contributed by atoms with Gasteiger partial charge in [0, 0.05) is 28.1 Å². The summed E-state index contributed by atoms with van der Waals surface area (Å²) in [5, 5.41) is 6.67. The Labute approximate surface area is 58.9 Å². The molecule has 0 aromatic carbocycles. The molecule has 0 atom stereocenters. The van der Waals surface area contributed by atoms with Crippen LogP contribution in [0.1, 0.15) is 19.8 Å². The van der Waals surface area contributed by atoms with Crippen LogP contribution in [0.15, 0.2) is 0 Å². The summed E-state index contributed by atoms with van der Waals surface area (Å²) >= 11 is 0. The average Bonchev–Trinajstić information content (AvgIpc) is 1.35. The van der Waals surface area contributed by atoms with Gasteiger partial charge in [-0.05, 0) is 6.42 Å². The van der Waals surface area contributed by atoms with Crippen molar-refractivity contribution < 1.29 is 21.7 Å². The third-order valence-corrected chi connectivity index (χ3v) is 0.519. The topological polar surface area (TPSA) is 49.9 Å². The second-order valence-electron chi connectivity index (χ2n) is 1.28. The fourth-order valence-corrected chi connectivity index (χ4v) is 0.269. The molecule has 0 amide bonds. The van der Waals surface area contributed by atoms with Crippen LogP contribution < -0.4 is 5.73 Å². The number of rotatable bonds is 2. The molecular formula is C4H10N2Ti. The van der Waals surface area contributed by atoms with Crippen LogP contribution >= 0.6 is 0 Å². The quantitative estimate of drug-likeness (QED) is 0.326. The second-order valence-corrected chi connectivity index (χ2v) is 1.28. The molecule has 0 heterocycles. The van der Waals surface area contributed by atoms with Crippen LogP contribution in [0.2, 0.25) is 0 Å². The minimum absolute atomic E-state index is 0. The molecule has 0 aliphatic rings. The number of nitrogens with one attached hydrogen (secondary N) is 1. The van der Waals surface area contributed by atoms with Crippen molar-refractivity contribution in [2.24, 2.45) is 5.73 Å². The molecule has 2 nitrogen and oxygen atoms in total. The molecule has 0 rings (SSSR count). The molecule has 3 N–H and O–H groups in total. The van der Waals surface area contributed by atoms with Crippen LogP contribution in [0.5, 0.6) is 0 Å². The number of amidine groups is 1. The van der Waals surface area contributed by atoms with Gasteiger partial charge in [-0.1, -0.05) is 6.92 Å². The van der Waals surface area contributed by atoms with Crippen molar-refractivity contribution in [3.05, 3.63) is 0 Å². The Balaban J connectivity index is 0. The number of hydrogen-bond acceptors (Lipinski definition) is 1. The Bertz CT molecular complexity index is 53.7. The van der Waals surface area contributed by atoms with Crippen molar-refractivity contribution in [2.45, 2.75) is 19.8 Å². The first kappa shape index (κ1) is 10.2. The second kappa shape index (κ2) is 6.18. The van der Waals surface area contributed by atoms with Crippen LogP contribution in [-0.4, -0.2) is 5.84 Å². The zero-order valence-electron chi connectivity index (χ0n) is 4.49. The molecule has 0 spiro atoms. The smallest absolute Gasteiger partial charge is 0.0905 e. The van der Waals surface area contributed by atoms with E-state index in [4.69, 9.17) is 11.1 Å². The summed E-state index contributed by atoms with van der Waals surface area (Å²) in [5.41, 5.74) is 4.99. The van der Waals surface area contributed by atoms with Gasteiger partial charge in [-0.2, -0.15) is 0 Å². The summed E-state index contributed by atoms with van der Waals surface area (Å²) in [5.74, 6) is 0.289. The first-order chi connectivity index (χ1) is 2.77. The Hall–Kier alpha value is 0.184. The van der Waals surface area contributed by atoms with E-state index < -0.39 is 0 Å². The minimum atomic E-state index is 0. The predicted octanol–water partition coefficient (Wildman–Crippen LogP) is 0.720. The van der Waals surface area contributed by atoms with Crippen molar-refractivity contribution in [3.63, 3.8) is 0 Å². The van der Waals surface area contributed by atoms with E-state index in [1.165, 1.54) is 0 Å². The first-order valence-electron chi connectivity index (χ1n) is 2.10. The SMILES string of the molecule is CCCC(=N)N.[Ti]. The minimum Gasteiger partial charge on any atom is -0.388 e. The van der Waals surface area contributed by atoms with Crippen molar-refractivity contribution >= 4 is 5.84 Å². The molecule has 3 heteroatoms. The molecule has 0 aromatic rings. The van der Waals surface area contributed by atoms with Crippen molar-refractivity contribution in [3.8, 4) is 0 Å². The Morgan fingerprint density at radius 3 is 2.14 bits per heavy atom. The van der Waals surface area contributed by atoms with E-state index in [9.17, 15) is 0 Å². The van der Waals surface area contributed by atoms with Gasteiger partial charge in [0.1, 0.15) is 0 Å². The summed E-state index contributed by atoms with van der Waals surface area (Å²) in [6.45, 7) is 2.00. The molecule has 0 fully saturated rings. The summed E-state index contributed by atoms with van der Waals surface area (Å²) in [7, 11) is 0. The normalized spacial score (nSPS) is 7.00. The molecule has 0 saturated carbocycles. The van der Waals surface area contributed by atoms with Gasteiger partial charge in [-0.15, -0.1) is 0 Å². The van der Waals surface area contributed by atoms with Crippen LogP contribution in [0.25, 0.3) is 0 Å². The van der Waals surface area contributed by atoms with Gasteiger partial charge >= 0.3 is 0 Å². The zero-order chi connectivity index (χ0) is 4.99. The van der Waals surface area contributed by atoms with Crippen LogP contribution in [0, 0.1) is 5.41 Å². The van der Waals surface area contributed by atoms with Crippen LogP contribution in [0.3, 0.4) is 0 Å². The molecule has 7 heavy (non-hydrogen) atoms. The van der Waals surface area contributed by atoms with Gasteiger partial charge in [0.2, 0.25) is 0 Å². The molecule has 0 saturated heterocycles. The predicted molar refractivity (Wildman–Crippen MR) is 26.8 cm³/mol. The van der Waals surface area contributed by atoms with Gasteiger partial charge in [0.25, 0.3) is 0 Å². The van der Waals surface area contributed by atoms with Crippen LogP contribution in [-0.2, 0) is 21.7 Å². The fourth-order valence-electron chi connectivity index (χ4n) is 0.269. The molecule has 0 radical (unpaired) electrons. The third kappa shape index (κ3) is 10.7. The molecule has 0 aliphatic carbocycles. The van der Waals surface area contributed by atoms with E-state index in [1.54, 1.807) is 0 Å². The van der Waals surface area contributed by atoms with E-state index in [0.29, 0.717) is 0 Å². The zero-order valence-corrected chi connectivity index (χ0v) is 6.05. The maximum absolute atomic E-state index is 6.67. The summed E-state index contributed by atoms with van der Waals surface area (Å²) in [4.78, 5) is 0. The van der Waals surface area contributed by atoms with E-state index in [0.717, 1.165) is 12.8 Å². The van der Waals surface area contributed by atoms with E-state index in [2.05, 4.69) is 0 Å². The first-order valence-corrected chi connectivity index (χ1v) is 2.10. The Morgan fingerprint density at radius 2 is 2.14 bits per heavy atom. The number of hydrogen-bond donors (Lipinski definition) is 2. The fraction of sp³-hybridized carbons (Fsp3) is 0.750. The van der Waals surface area contributed by atoms with Gasteiger partial charge in [-0.25, -0.2) is 0 Å². The summed E-state index contributed by atoms with van der Waals surface area (Å²) in [6, 6.07) is 0. The number of nitrogens with two attached hydrogens (primary N) is 1. The molecule has 0 bridgehead atoms. The summed E-state index contributed by atoms with van der Waals surface area (Å²) in [6.07, 6.45) is 1.72. The molecular weight excluding hydrogens is 124 g/mol.